The Labute approximate surface area is 161 Å². The Morgan fingerprint density at radius 3 is 2.56 bits per heavy atom. The van der Waals surface area contributed by atoms with Gasteiger partial charge >= 0.3 is 5.97 Å². The van der Waals surface area contributed by atoms with Crippen LogP contribution in [-0.4, -0.2) is 27.8 Å². The van der Waals surface area contributed by atoms with E-state index in [1.54, 1.807) is 47.3 Å². The van der Waals surface area contributed by atoms with Crippen molar-refractivity contribution in [2.45, 2.75) is 19.6 Å². The van der Waals surface area contributed by atoms with Gasteiger partial charge < -0.3 is 10.1 Å². The molecule has 3 aromatic rings. The van der Waals surface area contributed by atoms with E-state index in [1.165, 1.54) is 6.92 Å². The number of benzene rings is 2. The first kappa shape index (κ1) is 18.7. The van der Waals surface area contributed by atoms with Crippen molar-refractivity contribution in [3.63, 3.8) is 0 Å². The average molecular weight is 384 g/mol. The largest absolute Gasteiger partial charge is 0.449 e. The molecule has 0 aliphatic carbocycles. The van der Waals surface area contributed by atoms with Crippen LogP contribution in [0.5, 0.6) is 0 Å². The van der Waals surface area contributed by atoms with Crippen LogP contribution in [-0.2, 0) is 16.1 Å². The smallest absolute Gasteiger partial charge is 0.338 e. The molecule has 27 heavy (non-hydrogen) atoms. The number of rotatable bonds is 6. The summed E-state index contributed by atoms with van der Waals surface area (Å²) in [6, 6.07) is 15.7. The molecule has 0 saturated carbocycles. The minimum absolute atomic E-state index is 0.372. The molecule has 3 rings (SSSR count). The molecular weight excluding hydrogens is 366 g/mol. The number of halogens is 1. The van der Waals surface area contributed by atoms with Crippen LogP contribution in [0.4, 0.5) is 5.69 Å². The van der Waals surface area contributed by atoms with Crippen LogP contribution in [0.2, 0.25) is 5.02 Å². The van der Waals surface area contributed by atoms with Gasteiger partial charge in [0.2, 0.25) is 0 Å². The minimum atomic E-state index is -0.961. The maximum atomic E-state index is 12.3. The summed E-state index contributed by atoms with van der Waals surface area (Å²) in [6.45, 7) is 2.12. The lowest BCUT2D eigenvalue weighted by Crippen LogP contribution is -2.30. The van der Waals surface area contributed by atoms with E-state index in [9.17, 15) is 9.59 Å². The molecule has 0 aliphatic heterocycles. The maximum absolute atomic E-state index is 12.3. The van der Waals surface area contributed by atoms with Crippen LogP contribution in [0, 0.1) is 0 Å². The second-order valence-corrected chi connectivity index (χ2v) is 6.32. The molecule has 1 aromatic heterocycles. The topological polar surface area (TPSA) is 73.2 Å². The first-order chi connectivity index (χ1) is 13.0. The van der Waals surface area contributed by atoms with Gasteiger partial charge in [-0.2, -0.15) is 5.10 Å². The van der Waals surface area contributed by atoms with E-state index in [1.807, 2.05) is 24.4 Å². The highest BCUT2D eigenvalue weighted by atomic mass is 35.5. The summed E-state index contributed by atoms with van der Waals surface area (Å²) < 4.78 is 7.03. The molecule has 6 nitrogen and oxygen atoms in total. The van der Waals surface area contributed by atoms with E-state index in [0.717, 1.165) is 5.56 Å². The molecule has 7 heteroatoms. The fraction of sp³-hybridized carbons (Fsp3) is 0.150. The molecule has 0 fully saturated rings. The van der Waals surface area contributed by atoms with Crippen LogP contribution in [0.25, 0.3) is 0 Å². The number of aromatic nitrogens is 2. The lowest BCUT2D eigenvalue weighted by molar-refractivity contribution is -0.123. The van der Waals surface area contributed by atoms with E-state index in [2.05, 4.69) is 10.4 Å². The third kappa shape index (κ3) is 4.95. The number of amides is 1. The number of carbonyl (C=O) groups is 2. The Hall–Kier alpha value is -3.12. The van der Waals surface area contributed by atoms with Gasteiger partial charge in [-0.05, 0) is 42.8 Å². The highest BCUT2D eigenvalue weighted by Crippen LogP contribution is 2.20. The normalized spacial score (nSPS) is 11.6. The number of hydrogen-bond donors (Lipinski definition) is 1. The van der Waals surface area contributed by atoms with Gasteiger partial charge in [-0.25, -0.2) is 4.79 Å². The van der Waals surface area contributed by atoms with Crippen molar-refractivity contribution in [3.8, 4) is 0 Å². The predicted octanol–water partition coefficient (Wildman–Crippen LogP) is 3.77. The Balaban J connectivity index is 1.57. The van der Waals surface area contributed by atoms with Gasteiger partial charge in [0, 0.05) is 12.4 Å². The van der Waals surface area contributed by atoms with Crippen LogP contribution in [0.3, 0.4) is 0 Å². The quantitative estimate of drug-likeness (QED) is 0.657. The summed E-state index contributed by atoms with van der Waals surface area (Å²) in [7, 11) is 0. The molecule has 0 radical (unpaired) electrons. The van der Waals surface area contributed by atoms with E-state index >= 15 is 0 Å². The van der Waals surface area contributed by atoms with Gasteiger partial charge in [0.25, 0.3) is 5.91 Å². The van der Waals surface area contributed by atoms with Crippen molar-refractivity contribution >= 4 is 29.2 Å². The zero-order valence-electron chi connectivity index (χ0n) is 14.6. The molecule has 1 heterocycles. The number of ether oxygens (including phenoxy) is 1. The van der Waals surface area contributed by atoms with E-state index in [0.29, 0.717) is 22.8 Å². The third-order valence-corrected chi connectivity index (χ3v) is 4.21. The van der Waals surface area contributed by atoms with Crippen molar-refractivity contribution in [2.24, 2.45) is 0 Å². The Kier molecular flexibility index (Phi) is 5.88. The highest BCUT2D eigenvalue weighted by Gasteiger charge is 2.19. The van der Waals surface area contributed by atoms with Gasteiger partial charge in [-0.1, -0.05) is 35.9 Å². The molecule has 1 unspecified atom stereocenters. The number of anilines is 1. The first-order valence-electron chi connectivity index (χ1n) is 8.35. The molecule has 0 bridgehead atoms. The molecule has 138 valence electrons. The van der Waals surface area contributed by atoms with Gasteiger partial charge in [0.05, 0.1) is 22.8 Å². The standard InChI is InChI=1S/C20H18ClN3O3/c1-14(19(25)23-18-6-3-2-5-17(18)21)27-20(26)16-9-7-15(8-10-16)13-24-12-4-11-22-24/h2-12,14H,13H2,1H3,(H,23,25). The summed E-state index contributed by atoms with van der Waals surface area (Å²) in [5.74, 6) is -1.02. The lowest BCUT2D eigenvalue weighted by atomic mass is 10.1. The van der Waals surface area contributed by atoms with Crippen molar-refractivity contribution in [1.29, 1.82) is 0 Å². The summed E-state index contributed by atoms with van der Waals surface area (Å²) in [4.78, 5) is 24.5. The molecule has 2 aromatic carbocycles. The summed E-state index contributed by atoms with van der Waals surface area (Å²) >= 11 is 6.01. The Morgan fingerprint density at radius 1 is 1.15 bits per heavy atom. The van der Waals surface area contributed by atoms with E-state index in [4.69, 9.17) is 16.3 Å². The number of carbonyl (C=O) groups excluding carboxylic acids is 2. The zero-order valence-corrected chi connectivity index (χ0v) is 15.4. The molecule has 0 aliphatic rings. The Morgan fingerprint density at radius 2 is 1.89 bits per heavy atom. The van der Waals surface area contributed by atoms with Crippen LogP contribution in [0.15, 0.2) is 67.0 Å². The highest BCUT2D eigenvalue weighted by molar-refractivity contribution is 6.33. The SMILES string of the molecule is CC(OC(=O)c1ccc(Cn2cccn2)cc1)C(=O)Nc1ccccc1Cl. The number of hydrogen-bond acceptors (Lipinski definition) is 4. The summed E-state index contributed by atoms with van der Waals surface area (Å²) in [5.41, 5.74) is 1.84. The summed E-state index contributed by atoms with van der Waals surface area (Å²) in [6.07, 6.45) is 2.61. The Bertz CT molecular complexity index is 924. The van der Waals surface area contributed by atoms with E-state index < -0.39 is 18.0 Å². The van der Waals surface area contributed by atoms with Crippen molar-refractivity contribution in [2.75, 3.05) is 5.32 Å². The van der Waals surface area contributed by atoms with Crippen LogP contribution in [0.1, 0.15) is 22.8 Å². The lowest BCUT2D eigenvalue weighted by Gasteiger charge is -2.14. The monoisotopic (exact) mass is 383 g/mol. The maximum Gasteiger partial charge on any atom is 0.338 e. The summed E-state index contributed by atoms with van der Waals surface area (Å²) in [5, 5.41) is 7.20. The van der Waals surface area contributed by atoms with E-state index in [-0.39, 0.29) is 0 Å². The van der Waals surface area contributed by atoms with Gasteiger partial charge in [-0.15, -0.1) is 0 Å². The van der Waals surface area contributed by atoms with Gasteiger partial charge in [-0.3, -0.25) is 9.48 Å². The minimum Gasteiger partial charge on any atom is -0.449 e. The molecule has 1 atom stereocenters. The van der Waals surface area contributed by atoms with Crippen molar-refractivity contribution < 1.29 is 14.3 Å². The zero-order chi connectivity index (χ0) is 19.2. The van der Waals surface area contributed by atoms with Crippen molar-refractivity contribution in [3.05, 3.63) is 83.1 Å². The number of nitrogens with one attached hydrogen (secondary N) is 1. The van der Waals surface area contributed by atoms with Crippen LogP contribution < -0.4 is 5.32 Å². The number of nitrogens with zero attached hydrogens (tertiary/aromatic N) is 2. The number of para-hydroxylation sites is 1. The number of esters is 1. The fourth-order valence-corrected chi connectivity index (χ4v) is 2.59. The molecular formula is C20H18ClN3O3. The molecule has 1 N–H and O–H groups in total. The fourth-order valence-electron chi connectivity index (χ4n) is 2.41. The average Bonchev–Trinajstić information content (AvgIpc) is 3.17. The first-order valence-corrected chi connectivity index (χ1v) is 8.73. The molecule has 0 saturated heterocycles. The van der Waals surface area contributed by atoms with Crippen molar-refractivity contribution in [1.82, 2.24) is 9.78 Å². The second kappa shape index (κ2) is 8.51. The van der Waals surface area contributed by atoms with Gasteiger partial charge in [0.15, 0.2) is 6.10 Å². The van der Waals surface area contributed by atoms with Gasteiger partial charge in [0.1, 0.15) is 0 Å². The molecule has 0 spiro atoms. The van der Waals surface area contributed by atoms with Crippen LogP contribution >= 0.6 is 11.6 Å². The third-order valence-electron chi connectivity index (χ3n) is 3.88. The predicted molar refractivity (Wildman–Crippen MR) is 103 cm³/mol. The second-order valence-electron chi connectivity index (χ2n) is 5.92. The molecule has 1 amide bonds.